The van der Waals surface area contributed by atoms with Crippen LogP contribution in [0.1, 0.15) is 115 Å². The molecule has 0 aliphatic carbocycles. The molecule has 0 atom stereocenters. The molecular formula is C32H46. The van der Waals surface area contributed by atoms with Crippen molar-refractivity contribution in [1.29, 1.82) is 0 Å². The van der Waals surface area contributed by atoms with Crippen LogP contribution < -0.4 is 0 Å². The van der Waals surface area contributed by atoms with Gasteiger partial charge in [0.05, 0.1) is 0 Å². The van der Waals surface area contributed by atoms with Gasteiger partial charge in [-0.05, 0) is 39.9 Å². The van der Waals surface area contributed by atoms with Crippen LogP contribution in [0, 0.1) is 0 Å². The zero-order chi connectivity index (χ0) is 22.3. The molecule has 0 aliphatic heterocycles. The molecule has 0 heteroatoms. The molecule has 0 spiro atoms. The summed E-state index contributed by atoms with van der Waals surface area (Å²) in [6, 6.07) is 20.2. The highest BCUT2D eigenvalue weighted by Crippen LogP contribution is 2.29. The molecule has 3 aromatic rings. The van der Waals surface area contributed by atoms with Crippen molar-refractivity contribution in [3.63, 3.8) is 0 Å². The summed E-state index contributed by atoms with van der Waals surface area (Å²) in [6.45, 7) is 2.30. The average Bonchev–Trinajstić information content (AvgIpc) is 2.83. The molecule has 32 heavy (non-hydrogen) atoms. The highest BCUT2D eigenvalue weighted by Gasteiger charge is 2.06. The third-order valence-corrected chi connectivity index (χ3v) is 7.15. The fraction of sp³-hybridized carbons (Fsp3) is 0.562. The third kappa shape index (κ3) is 8.27. The first-order valence-electron chi connectivity index (χ1n) is 13.8. The van der Waals surface area contributed by atoms with Gasteiger partial charge in [-0.2, -0.15) is 0 Å². The lowest BCUT2D eigenvalue weighted by molar-refractivity contribution is 0.529. The maximum atomic E-state index is 2.43. The predicted octanol–water partition coefficient (Wildman–Crippen LogP) is 10.8. The molecular weight excluding hydrogens is 384 g/mol. The molecule has 174 valence electrons. The van der Waals surface area contributed by atoms with Crippen molar-refractivity contribution in [2.24, 2.45) is 0 Å². The maximum Gasteiger partial charge on any atom is -0.0103 e. The SMILES string of the molecule is CCCCCCCCCCCCCCCCCCc1cc2ccccc2c2ccccc12. The highest BCUT2D eigenvalue weighted by atomic mass is 14.1. The summed E-state index contributed by atoms with van der Waals surface area (Å²) in [6.07, 6.45) is 24.1. The van der Waals surface area contributed by atoms with E-state index in [0.29, 0.717) is 0 Å². The summed E-state index contributed by atoms with van der Waals surface area (Å²) >= 11 is 0. The lowest BCUT2D eigenvalue weighted by Crippen LogP contribution is -1.90. The standard InChI is InChI=1S/C32H46/c1-2-3-4-5-6-7-8-9-10-11-12-13-14-15-16-17-22-28-27-29-23-18-19-24-30(29)32-26-21-20-25-31(28)32/h18-21,23-27H,2-17,22H2,1H3. The van der Waals surface area contributed by atoms with E-state index in [9.17, 15) is 0 Å². The molecule has 3 rings (SSSR count). The molecule has 0 saturated carbocycles. The van der Waals surface area contributed by atoms with Crippen molar-refractivity contribution in [1.82, 2.24) is 0 Å². The van der Waals surface area contributed by atoms with E-state index in [1.165, 1.54) is 136 Å². The minimum atomic E-state index is 1.21. The molecule has 0 N–H and O–H groups in total. The van der Waals surface area contributed by atoms with Crippen molar-refractivity contribution >= 4 is 21.5 Å². The summed E-state index contributed by atoms with van der Waals surface area (Å²) in [4.78, 5) is 0. The van der Waals surface area contributed by atoms with Crippen LogP contribution in [-0.2, 0) is 6.42 Å². The second-order valence-electron chi connectivity index (χ2n) is 9.86. The van der Waals surface area contributed by atoms with Crippen LogP contribution in [0.2, 0.25) is 0 Å². The smallest absolute Gasteiger partial charge is 0.0103 e. The Bertz CT molecular complexity index is 891. The van der Waals surface area contributed by atoms with Crippen LogP contribution >= 0.6 is 0 Å². The van der Waals surface area contributed by atoms with Gasteiger partial charge in [0.15, 0.2) is 0 Å². The summed E-state index contributed by atoms with van der Waals surface area (Å²) in [5.74, 6) is 0. The molecule has 0 unspecified atom stereocenters. The number of hydrogen-bond acceptors (Lipinski definition) is 0. The van der Waals surface area contributed by atoms with Gasteiger partial charge < -0.3 is 0 Å². The van der Waals surface area contributed by atoms with Crippen molar-refractivity contribution in [3.05, 3.63) is 60.2 Å². The molecule has 0 nitrogen and oxygen atoms in total. The molecule has 0 bridgehead atoms. The first-order valence-corrected chi connectivity index (χ1v) is 13.8. The van der Waals surface area contributed by atoms with Gasteiger partial charge in [0.25, 0.3) is 0 Å². The Morgan fingerprint density at radius 1 is 0.438 bits per heavy atom. The maximum absolute atomic E-state index is 2.43. The van der Waals surface area contributed by atoms with Crippen LogP contribution in [0.5, 0.6) is 0 Å². The van der Waals surface area contributed by atoms with E-state index < -0.39 is 0 Å². The molecule has 0 aliphatic rings. The van der Waals surface area contributed by atoms with E-state index >= 15 is 0 Å². The third-order valence-electron chi connectivity index (χ3n) is 7.15. The van der Waals surface area contributed by atoms with E-state index in [2.05, 4.69) is 61.5 Å². The van der Waals surface area contributed by atoms with Gasteiger partial charge in [0.2, 0.25) is 0 Å². The zero-order valence-corrected chi connectivity index (χ0v) is 20.7. The summed E-state index contributed by atoms with van der Waals surface area (Å²) in [5, 5.41) is 5.64. The number of hydrogen-bond donors (Lipinski definition) is 0. The molecule has 0 saturated heterocycles. The van der Waals surface area contributed by atoms with Crippen molar-refractivity contribution in [2.75, 3.05) is 0 Å². The van der Waals surface area contributed by atoms with Gasteiger partial charge in [0.1, 0.15) is 0 Å². The number of aryl methyl sites for hydroxylation is 1. The first kappa shape index (κ1) is 24.8. The van der Waals surface area contributed by atoms with E-state index in [0.717, 1.165) is 0 Å². The van der Waals surface area contributed by atoms with E-state index in [-0.39, 0.29) is 0 Å². The van der Waals surface area contributed by atoms with E-state index in [4.69, 9.17) is 0 Å². The molecule has 0 fully saturated rings. The number of fused-ring (bicyclic) bond motifs is 3. The molecule has 0 amide bonds. The molecule has 0 heterocycles. The fourth-order valence-corrected chi connectivity index (χ4v) is 5.20. The van der Waals surface area contributed by atoms with Gasteiger partial charge in [-0.15, -0.1) is 0 Å². The fourth-order valence-electron chi connectivity index (χ4n) is 5.20. The second-order valence-corrected chi connectivity index (χ2v) is 9.86. The molecule has 0 radical (unpaired) electrons. The molecule has 3 aromatic carbocycles. The van der Waals surface area contributed by atoms with Crippen molar-refractivity contribution in [3.8, 4) is 0 Å². The zero-order valence-electron chi connectivity index (χ0n) is 20.7. The Labute approximate surface area is 197 Å². The van der Waals surface area contributed by atoms with E-state index in [1.54, 1.807) is 0 Å². The van der Waals surface area contributed by atoms with Gasteiger partial charge in [-0.3, -0.25) is 0 Å². The first-order chi connectivity index (χ1) is 15.9. The second kappa shape index (κ2) is 15.1. The normalized spacial score (nSPS) is 11.5. The van der Waals surface area contributed by atoms with Gasteiger partial charge in [-0.1, -0.05) is 158 Å². The van der Waals surface area contributed by atoms with Crippen LogP contribution in [0.15, 0.2) is 54.6 Å². The minimum Gasteiger partial charge on any atom is -0.0654 e. The average molecular weight is 431 g/mol. The van der Waals surface area contributed by atoms with Gasteiger partial charge >= 0.3 is 0 Å². The lowest BCUT2D eigenvalue weighted by Gasteiger charge is -2.10. The Hall–Kier alpha value is -1.82. The Kier molecular flexibility index (Phi) is 11.7. The summed E-state index contributed by atoms with van der Waals surface area (Å²) in [7, 11) is 0. The number of unbranched alkanes of at least 4 members (excludes halogenated alkanes) is 15. The van der Waals surface area contributed by atoms with Gasteiger partial charge in [-0.25, -0.2) is 0 Å². The lowest BCUT2D eigenvalue weighted by atomic mass is 9.94. The largest absolute Gasteiger partial charge is 0.0654 e. The van der Waals surface area contributed by atoms with Crippen molar-refractivity contribution in [2.45, 2.75) is 116 Å². The number of benzene rings is 3. The molecule has 0 aromatic heterocycles. The van der Waals surface area contributed by atoms with Crippen LogP contribution in [0.4, 0.5) is 0 Å². The van der Waals surface area contributed by atoms with E-state index in [1.807, 2.05) is 0 Å². The Balaban J connectivity index is 1.24. The van der Waals surface area contributed by atoms with Crippen molar-refractivity contribution < 1.29 is 0 Å². The monoisotopic (exact) mass is 430 g/mol. The Morgan fingerprint density at radius 2 is 0.875 bits per heavy atom. The number of rotatable bonds is 17. The van der Waals surface area contributed by atoms with Crippen LogP contribution in [-0.4, -0.2) is 0 Å². The summed E-state index contributed by atoms with van der Waals surface area (Å²) < 4.78 is 0. The Morgan fingerprint density at radius 3 is 1.44 bits per heavy atom. The van der Waals surface area contributed by atoms with Gasteiger partial charge in [0, 0.05) is 0 Å². The van der Waals surface area contributed by atoms with Crippen LogP contribution in [0.3, 0.4) is 0 Å². The predicted molar refractivity (Wildman–Crippen MR) is 145 cm³/mol. The highest BCUT2D eigenvalue weighted by molar-refractivity contribution is 6.08. The quantitative estimate of drug-likeness (QED) is 0.147. The van der Waals surface area contributed by atoms with Crippen LogP contribution in [0.25, 0.3) is 21.5 Å². The topological polar surface area (TPSA) is 0 Å². The summed E-state index contributed by atoms with van der Waals surface area (Å²) in [5.41, 5.74) is 1.53. The minimum absolute atomic E-state index is 1.21.